The monoisotopic (exact) mass is 260 g/mol. The van der Waals surface area contributed by atoms with Gasteiger partial charge in [-0.3, -0.25) is 4.68 Å². The summed E-state index contributed by atoms with van der Waals surface area (Å²) in [6.07, 6.45) is -2.57. The lowest BCUT2D eigenvalue weighted by molar-refractivity contribution is -0.137. The van der Waals surface area contributed by atoms with Crippen molar-refractivity contribution in [3.05, 3.63) is 52.8 Å². The molecule has 0 amide bonds. The highest BCUT2D eigenvalue weighted by molar-refractivity contribution is 6.30. The molecular formula is C11H8ClF3N2. The zero-order chi connectivity index (χ0) is 12.5. The highest BCUT2D eigenvalue weighted by Crippen LogP contribution is 2.28. The van der Waals surface area contributed by atoms with Gasteiger partial charge in [-0.2, -0.15) is 18.3 Å². The Morgan fingerprint density at radius 2 is 2.06 bits per heavy atom. The van der Waals surface area contributed by atoms with E-state index in [-0.39, 0.29) is 6.54 Å². The quantitative estimate of drug-likeness (QED) is 0.807. The van der Waals surface area contributed by atoms with Crippen LogP contribution in [0.4, 0.5) is 13.2 Å². The minimum absolute atomic E-state index is 0.261. The van der Waals surface area contributed by atoms with Crippen molar-refractivity contribution in [3.8, 4) is 0 Å². The lowest BCUT2D eigenvalue weighted by Gasteiger charge is -2.03. The fraction of sp³-hybridized carbons (Fsp3) is 0.182. The Labute approximate surface area is 101 Å². The first kappa shape index (κ1) is 12.0. The summed E-state index contributed by atoms with van der Waals surface area (Å²) in [5.41, 5.74) is 0.0499. The SMILES string of the molecule is FC(F)(F)c1cnn(Cc2cccc(Cl)c2)c1. The van der Waals surface area contributed by atoms with E-state index >= 15 is 0 Å². The molecule has 0 saturated heterocycles. The maximum atomic E-state index is 12.3. The van der Waals surface area contributed by atoms with Gasteiger partial charge in [0.1, 0.15) is 0 Å². The van der Waals surface area contributed by atoms with E-state index in [1.165, 1.54) is 4.68 Å². The number of alkyl halides is 3. The van der Waals surface area contributed by atoms with Gasteiger partial charge in [0.05, 0.1) is 18.3 Å². The molecule has 0 unspecified atom stereocenters. The van der Waals surface area contributed by atoms with Crippen molar-refractivity contribution in [2.24, 2.45) is 0 Å². The molecule has 0 bridgehead atoms. The van der Waals surface area contributed by atoms with E-state index in [2.05, 4.69) is 5.10 Å². The van der Waals surface area contributed by atoms with Crippen molar-refractivity contribution in [3.63, 3.8) is 0 Å². The normalized spacial score (nSPS) is 11.8. The van der Waals surface area contributed by atoms with Crippen LogP contribution in [0.1, 0.15) is 11.1 Å². The Kier molecular flexibility index (Phi) is 3.11. The summed E-state index contributed by atoms with van der Waals surface area (Å²) >= 11 is 5.78. The fourth-order valence-electron chi connectivity index (χ4n) is 1.42. The Bertz CT molecular complexity index is 519. The van der Waals surface area contributed by atoms with E-state index in [9.17, 15) is 13.2 Å². The number of hydrogen-bond donors (Lipinski definition) is 0. The average molecular weight is 261 g/mol. The van der Waals surface area contributed by atoms with E-state index in [4.69, 9.17) is 11.6 Å². The van der Waals surface area contributed by atoms with E-state index in [0.717, 1.165) is 18.0 Å². The molecule has 1 aromatic heterocycles. The molecule has 2 aromatic rings. The largest absolute Gasteiger partial charge is 0.419 e. The summed E-state index contributed by atoms with van der Waals surface area (Å²) in [6, 6.07) is 6.92. The van der Waals surface area contributed by atoms with Gasteiger partial charge in [0.15, 0.2) is 0 Å². The molecule has 90 valence electrons. The predicted molar refractivity (Wildman–Crippen MR) is 57.8 cm³/mol. The summed E-state index contributed by atoms with van der Waals surface area (Å²) in [7, 11) is 0. The summed E-state index contributed by atoms with van der Waals surface area (Å²) in [5.74, 6) is 0. The molecule has 0 spiro atoms. The van der Waals surface area contributed by atoms with Crippen molar-refractivity contribution in [2.45, 2.75) is 12.7 Å². The number of aromatic nitrogens is 2. The summed E-state index contributed by atoms with van der Waals surface area (Å²) in [6.45, 7) is 0.261. The first-order valence-corrected chi connectivity index (χ1v) is 5.17. The lowest BCUT2D eigenvalue weighted by atomic mass is 10.2. The van der Waals surface area contributed by atoms with Gasteiger partial charge in [-0.25, -0.2) is 0 Å². The second-order valence-corrected chi connectivity index (χ2v) is 3.99. The maximum absolute atomic E-state index is 12.3. The van der Waals surface area contributed by atoms with Crippen LogP contribution < -0.4 is 0 Å². The molecule has 0 radical (unpaired) electrons. The van der Waals surface area contributed by atoms with Crippen LogP contribution in [0.2, 0.25) is 5.02 Å². The molecule has 17 heavy (non-hydrogen) atoms. The van der Waals surface area contributed by atoms with Crippen LogP contribution in [0.3, 0.4) is 0 Å². The van der Waals surface area contributed by atoms with E-state index in [1.807, 2.05) is 0 Å². The molecule has 0 N–H and O–H groups in total. The molecule has 0 aliphatic heterocycles. The van der Waals surface area contributed by atoms with Crippen LogP contribution in [0.15, 0.2) is 36.7 Å². The molecule has 2 rings (SSSR count). The predicted octanol–water partition coefficient (Wildman–Crippen LogP) is 3.60. The van der Waals surface area contributed by atoms with Gasteiger partial charge < -0.3 is 0 Å². The highest BCUT2D eigenvalue weighted by Gasteiger charge is 2.32. The van der Waals surface area contributed by atoms with Crippen LogP contribution in [0, 0.1) is 0 Å². The zero-order valence-electron chi connectivity index (χ0n) is 8.58. The third-order valence-electron chi connectivity index (χ3n) is 2.19. The molecule has 0 fully saturated rings. The first-order valence-electron chi connectivity index (χ1n) is 4.79. The minimum atomic E-state index is -4.35. The minimum Gasteiger partial charge on any atom is -0.268 e. The van der Waals surface area contributed by atoms with Gasteiger partial charge in [-0.1, -0.05) is 23.7 Å². The zero-order valence-corrected chi connectivity index (χ0v) is 9.33. The number of halogens is 4. The third-order valence-corrected chi connectivity index (χ3v) is 2.43. The van der Waals surface area contributed by atoms with Gasteiger partial charge in [0.25, 0.3) is 0 Å². The molecule has 0 saturated carbocycles. The van der Waals surface area contributed by atoms with Crippen LogP contribution in [-0.4, -0.2) is 9.78 Å². The second-order valence-electron chi connectivity index (χ2n) is 3.55. The molecular weight excluding hydrogens is 253 g/mol. The van der Waals surface area contributed by atoms with Crippen molar-refractivity contribution in [1.82, 2.24) is 9.78 Å². The molecule has 6 heteroatoms. The van der Waals surface area contributed by atoms with Crippen molar-refractivity contribution < 1.29 is 13.2 Å². The highest BCUT2D eigenvalue weighted by atomic mass is 35.5. The molecule has 2 nitrogen and oxygen atoms in total. The van der Waals surface area contributed by atoms with Crippen LogP contribution in [-0.2, 0) is 12.7 Å². The van der Waals surface area contributed by atoms with Gasteiger partial charge in [-0.05, 0) is 17.7 Å². The van der Waals surface area contributed by atoms with Crippen molar-refractivity contribution in [1.29, 1.82) is 0 Å². The third kappa shape index (κ3) is 3.00. The Balaban J connectivity index is 2.17. The van der Waals surface area contributed by atoms with Crippen LogP contribution in [0.25, 0.3) is 0 Å². The maximum Gasteiger partial charge on any atom is 0.419 e. The Hall–Kier alpha value is -1.49. The fourth-order valence-corrected chi connectivity index (χ4v) is 1.63. The van der Waals surface area contributed by atoms with Crippen LogP contribution in [0.5, 0.6) is 0 Å². The van der Waals surface area contributed by atoms with E-state index in [0.29, 0.717) is 5.02 Å². The number of rotatable bonds is 2. The van der Waals surface area contributed by atoms with Crippen LogP contribution >= 0.6 is 11.6 Å². The molecule has 1 heterocycles. The standard InChI is InChI=1S/C11H8ClF3N2/c12-10-3-1-2-8(4-10)6-17-7-9(5-16-17)11(13,14)15/h1-5,7H,6H2. The van der Waals surface area contributed by atoms with Gasteiger partial charge in [-0.15, -0.1) is 0 Å². The topological polar surface area (TPSA) is 17.8 Å². The summed E-state index contributed by atoms with van der Waals surface area (Å²) < 4.78 is 38.2. The molecule has 1 aromatic carbocycles. The Morgan fingerprint density at radius 1 is 1.29 bits per heavy atom. The second kappa shape index (κ2) is 4.41. The number of benzene rings is 1. The smallest absolute Gasteiger partial charge is 0.268 e. The van der Waals surface area contributed by atoms with E-state index < -0.39 is 11.7 Å². The molecule has 0 aliphatic carbocycles. The van der Waals surface area contributed by atoms with Gasteiger partial charge in [0.2, 0.25) is 0 Å². The number of nitrogens with zero attached hydrogens (tertiary/aromatic N) is 2. The van der Waals surface area contributed by atoms with Crippen molar-refractivity contribution in [2.75, 3.05) is 0 Å². The first-order chi connectivity index (χ1) is 7.95. The Morgan fingerprint density at radius 3 is 2.65 bits per heavy atom. The molecule has 0 atom stereocenters. The average Bonchev–Trinajstić information content (AvgIpc) is 2.65. The number of hydrogen-bond acceptors (Lipinski definition) is 1. The molecule has 0 aliphatic rings. The van der Waals surface area contributed by atoms with E-state index in [1.54, 1.807) is 24.3 Å². The summed E-state index contributed by atoms with van der Waals surface area (Å²) in [5, 5.41) is 4.21. The lowest BCUT2D eigenvalue weighted by Crippen LogP contribution is -2.04. The summed E-state index contributed by atoms with van der Waals surface area (Å²) in [4.78, 5) is 0. The van der Waals surface area contributed by atoms with Gasteiger partial charge >= 0.3 is 6.18 Å². The van der Waals surface area contributed by atoms with Gasteiger partial charge in [0, 0.05) is 11.2 Å². The van der Waals surface area contributed by atoms with Crippen molar-refractivity contribution >= 4 is 11.6 Å².